The number of carbonyl (C=O) groups is 1. The number of ether oxygens (including phenoxy) is 1. The number of hydrogen-bond donors (Lipinski definition) is 1. The van der Waals surface area contributed by atoms with Crippen molar-refractivity contribution in [2.24, 2.45) is 0 Å². The Morgan fingerprint density at radius 2 is 1.89 bits per heavy atom. The maximum absolute atomic E-state index is 13.7. The van der Waals surface area contributed by atoms with Gasteiger partial charge in [-0.15, -0.1) is 0 Å². The van der Waals surface area contributed by atoms with Crippen LogP contribution in [0.2, 0.25) is 0 Å². The fraction of sp³-hybridized carbons (Fsp3) is 0.148. The van der Waals surface area contributed by atoms with Crippen LogP contribution in [0.15, 0.2) is 71.5 Å². The van der Waals surface area contributed by atoms with Crippen LogP contribution < -0.4 is 16.0 Å². The molecule has 0 saturated carbocycles. The fourth-order valence-electron chi connectivity index (χ4n) is 4.25. The summed E-state index contributed by atoms with van der Waals surface area (Å²) in [6.07, 6.45) is -0.315. The first kappa shape index (κ1) is 22.9. The van der Waals surface area contributed by atoms with Crippen LogP contribution in [-0.4, -0.2) is 32.2 Å². The maximum atomic E-state index is 13.7. The van der Waals surface area contributed by atoms with Crippen molar-refractivity contribution in [3.05, 3.63) is 117 Å². The van der Waals surface area contributed by atoms with Gasteiger partial charge in [0.05, 0.1) is 18.3 Å². The van der Waals surface area contributed by atoms with Gasteiger partial charge in [-0.25, -0.2) is 14.2 Å². The van der Waals surface area contributed by atoms with Gasteiger partial charge >= 0.3 is 6.09 Å². The summed E-state index contributed by atoms with van der Waals surface area (Å²) in [5, 5.41) is 7.53. The topological polar surface area (TPSA) is 113 Å². The molecule has 1 aliphatic rings. The molecule has 0 fully saturated rings. The number of fused-ring (bicyclic) bond motifs is 1. The molecule has 1 aliphatic heterocycles. The van der Waals surface area contributed by atoms with Crippen molar-refractivity contribution in [3.63, 3.8) is 0 Å². The second-order valence-electron chi connectivity index (χ2n) is 8.34. The number of anilines is 1. The van der Waals surface area contributed by atoms with Gasteiger partial charge in [-0.05, 0) is 48.4 Å². The highest BCUT2D eigenvalue weighted by Gasteiger charge is 2.29. The Morgan fingerprint density at radius 1 is 1.14 bits per heavy atom. The van der Waals surface area contributed by atoms with E-state index in [-0.39, 0.29) is 31.0 Å². The highest BCUT2D eigenvalue weighted by Crippen LogP contribution is 2.28. The van der Waals surface area contributed by atoms with Crippen molar-refractivity contribution in [1.82, 2.24) is 14.5 Å². The molecule has 1 unspecified atom stereocenters. The number of aromatic nitrogens is 2. The molecule has 0 aliphatic carbocycles. The first-order chi connectivity index (χ1) is 17.4. The van der Waals surface area contributed by atoms with Crippen LogP contribution in [0.25, 0.3) is 0 Å². The molecule has 0 saturated heterocycles. The van der Waals surface area contributed by atoms with Crippen LogP contribution in [0.3, 0.4) is 0 Å². The van der Waals surface area contributed by atoms with Gasteiger partial charge in [-0.3, -0.25) is 9.36 Å². The molecule has 1 aromatic heterocycles. The number of nitrogens with zero attached hydrogens (tertiary/aromatic N) is 3. The summed E-state index contributed by atoms with van der Waals surface area (Å²) >= 11 is 0. The van der Waals surface area contributed by atoms with Gasteiger partial charge in [0, 0.05) is 29.8 Å². The smallest absolute Gasteiger partial charge is 0.415 e. The number of nitrogens with two attached hydrogens (primary N) is 1. The lowest BCUT2D eigenvalue weighted by atomic mass is 9.98. The second-order valence-corrected chi connectivity index (χ2v) is 8.34. The second kappa shape index (κ2) is 9.43. The molecule has 5 rings (SSSR count). The molecule has 180 valence electrons. The van der Waals surface area contributed by atoms with Crippen LogP contribution in [0.5, 0.6) is 11.5 Å². The van der Waals surface area contributed by atoms with Gasteiger partial charge in [0.1, 0.15) is 11.6 Å². The summed E-state index contributed by atoms with van der Waals surface area (Å²) < 4.78 is 20.4. The molecule has 1 atom stereocenters. The third-order valence-electron chi connectivity index (χ3n) is 6.02. The minimum atomic E-state index is -0.684. The molecule has 0 bridgehead atoms. The van der Waals surface area contributed by atoms with E-state index in [0.29, 0.717) is 33.9 Å². The number of carbonyl (C=O) groups excluding carboxylic acids is 1. The Hall–Kier alpha value is -4.84. The van der Waals surface area contributed by atoms with Gasteiger partial charge < -0.3 is 20.5 Å². The molecule has 2 heterocycles. The molecule has 8 nitrogen and oxygen atoms in total. The number of amides is 1. The van der Waals surface area contributed by atoms with E-state index in [1.54, 1.807) is 42.5 Å². The molecule has 36 heavy (non-hydrogen) atoms. The van der Waals surface area contributed by atoms with Crippen LogP contribution in [0.1, 0.15) is 28.4 Å². The normalized spacial score (nSPS) is 13.4. The van der Waals surface area contributed by atoms with Crippen LogP contribution >= 0.6 is 0 Å². The van der Waals surface area contributed by atoms with E-state index in [1.807, 2.05) is 0 Å². The number of nitrogen functional groups attached to an aromatic ring is 1. The van der Waals surface area contributed by atoms with E-state index in [4.69, 9.17) is 15.6 Å². The third-order valence-corrected chi connectivity index (χ3v) is 6.02. The number of rotatable bonds is 4. The molecule has 9 heteroatoms. The fourth-order valence-corrected chi connectivity index (χ4v) is 4.25. The lowest BCUT2D eigenvalue weighted by Crippen LogP contribution is -2.43. The number of benzene rings is 2. The molecule has 4 aromatic rings. The zero-order valence-electron chi connectivity index (χ0n) is 19.1. The van der Waals surface area contributed by atoms with E-state index in [2.05, 4.69) is 17.1 Å². The number of hydrogen-bond acceptors (Lipinski definition) is 5. The van der Waals surface area contributed by atoms with Crippen LogP contribution in [0, 0.1) is 17.9 Å². The van der Waals surface area contributed by atoms with Crippen molar-refractivity contribution in [2.45, 2.75) is 19.0 Å². The first-order valence-corrected chi connectivity index (χ1v) is 11.2. The third kappa shape index (κ3) is 4.44. The largest absolute Gasteiger partial charge is 0.593 e. The zero-order chi connectivity index (χ0) is 25.2. The van der Waals surface area contributed by atoms with E-state index in [9.17, 15) is 14.0 Å². The Labute approximate surface area is 206 Å². The lowest BCUT2D eigenvalue weighted by Gasteiger charge is -2.29. The minimum Gasteiger partial charge on any atom is -0.593 e. The highest BCUT2D eigenvalue weighted by atomic mass is 19.1. The summed E-state index contributed by atoms with van der Waals surface area (Å²) in [5.41, 5.74) is 8.11. The van der Waals surface area contributed by atoms with Gasteiger partial charge in [-0.1, -0.05) is 30.3 Å². The van der Waals surface area contributed by atoms with E-state index in [1.165, 1.54) is 33.7 Å². The summed E-state index contributed by atoms with van der Waals surface area (Å²) in [7, 11) is 0. The zero-order valence-corrected chi connectivity index (χ0v) is 19.1. The molecular weight excluding hydrogens is 463 g/mol. The Kier molecular flexibility index (Phi) is 6.00. The summed E-state index contributed by atoms with van der Waals surface area (Å²) in [6, 6.07) is 22.5. The molecular formula is C27H22FN4O4+. The predicted molar refractivity (Wildman–Crippen MR) is 130 cm³/mol. The van der Waals surface area contributed by atoms with Crippen LogP contribution in [-0.2, 0) is 13.0 Å². The maximum Gasteiger partial charge on any atom is 0.415 e. The van der Waals surface area contributed by atoms with Crippen molar-refractivity contribution < 1.29 is 19.0 Å². The van der Waals surface area contributed by atoms with Crippen molar-refractivity contribution in [1.29, 1.82) is 0 Å². The molecule has 0 radical (unpaired) electrons. The highest BCUT2D eigenvalue weighted by molar-refractivity contribution is 5.71. The van der Waals surface area contributed by atoms with Gasteiger partial charge in [-0.2, -0.15) is 0 Å². The average Bonchev–Trinajstić information content (AvgIpc) is 2.89. The predicted octanol–water partition coefficient (Wildman–Crippen LogP) is 3.20. The van der Waals surface area contributed by atoms with Crippen molar-refractivity contribution in [2.75, 3.05) is 12.3 Å². The molecule has 3 aromatic carbocycles. The molecule has 0 spiro atoms. The lowest BCUT2D eigenvalue weighted by molar-refractivity contribution is 0.145. The minimum absolute atomic E-state index is 0.0356. The first-order valence-electron chi connectivity index (χ1n) is 11.2. The Balaban J connectivity index is 1.48. The Bertz CT molecular complexity index is 1450. The SMILES string of the molecule is Nc1nc2c(c(=O)n1C(c1c#cccc1)c1ccc(F)cc1)CCN(C(=O)Oc1ccc([OH2+])cc1)C2. The summed E-state index contributed by atoms with van der Waals surface area (Å²) in [4.78, 5) is 32.3. The quantitative estimate of drug-likeness (QED) is 0.446. The summed E-state index contributed by atoms with van der Waals surface area (Å²) in [5.74, 6) is 0.199. The van der Waals surface area contributed by atoms with Gasteiger partial charge in [0.15, 0.2) is 0 Å². The van der Waals surface area contributed by atoms with Crippen molar-refractivity contribution in [3.8, 4) is 11.5 Å². The van der Waals surface area contributed by atoms with E-state index >= 15 is 0 Å². The van der Waals surface area contributed by atoms with Crippen LogP contribution in [0.4, 0.5) is 15.1 Å². The van der Waals surface area contributed by atoms with E-state index < -0.39 is 18.0 Å². The standard InChI is InChI=1S/C27H21FN4O4/c28-19-8-6-18(7-9-19)24(17-4-2-1-3-5-17)32-25(34)22-14-15-31(16-23(22)30-26(32)29)27(35)36-21-12-10-20(33)11-13-21/h1-2,4,6-13,24,33H,14-16H2,(H2,29,30)/p+1. The number of halogens is 1. The van der Waals surface area contributed by atoms with Gasteiger partial charge in [0.25, 0.3) is 11.3 Å². The Morgan fingerprint density at radius 3 is 2.58 bits per heavy atom. The van der Waals surface area contributed by atoms with E-state index in [0.717, 1.165) is 0 Å². The van der Waals surface area contributed by atoms with Gasteiger partial charge in [0.2, 0.25) is 5.95 Å². The summed E-state index contributed by atoms with van der Waals surface area (Å²) in [6.45, 7) is 0.326. The molecule has 4 N–H and O–H groups in total. The molecule has 1 amide bonds. The monoisotopic (exact) mass is 485 g/mol. The van der Waals surface area contributed by atoms with Crippen molar-refractivity contribution >= 4 is 12.0 Å². The average molecular weight is 485 g/mol.